The predicted octanol–water partition coefficient (Wildman–Crippen LogP) is 13.6. The van der Waals surface area contributed by atoms with Gasteiger partial charge < -0.3 is 19.0 Å². The number of hydrogen-bond donors (Lipinski definition) is 1. The predicted molar refractivity (Wildman–Crippen MR) is 237 cm³/mol. The first-order valence-electron chi connectivity index (χ1n) is 18.9. The molecule has 0 saturated carbocycles. The first-order valence-corrected chi connectivity index (χ1v) is 20.4. The van der Waals surface area contributed by atoms with Crippen LogP contribution in [-0.4, -0.2) is 20.4 Å². The lowest BCUT2D eigenvalue weighted by atomic mass is 9.97. The topological polar surface area (TPSA) is 47.0 Å². The van der Waals surface area contributed by atoms with E-state index >= 15 is 0 Å². The Kier molecular flexibility index (Phi) is 7.52. The van der Waals surface area contributed by atoms with E-state index in [-0.39, 0.29) is 0 Å². The van der Waals surface area contributed by atoms with Crippen molar-refractivity contribution in [3.63, 3.8) is 0 Å². The van der Waals surface area contributed by atoms with Crippen molar-refractivity contribution in [3.8, 4) is 27.9 Å². The second-order valence-electron chi connectivity index (χ2n) is 14.5. The summed E-state index contributed by atoms with van der Waals surface area (Å²) in [5.74, 6) is 0. The maximum atomic E-state index is 12.7. The van der Waals surface area contributed by atoms with Gasteiger partial charge in [0.1, 0.15) is 6.26 Å². The number of nitrogens with zero attached hydrogens (tertiary/aromatic N) is 2. The molecule has 56 heavy (non-hydrogen) atoms. The van der Waals surface area contributed by atoms with Gasteiger partial charge >= 0.3 is 0 Å². The summed E-state index contributed by atoms with van der Waals surface area (Å²) in [4.78, 5) is 7.04. The summed E-state index contributed by atoms with van der Waals surface area (Å²) in [6.45, 7) is 0. The average molecular weight is 738 g/mol. The van der Waals surface area contributed by atoms with Gasteiger partial charge in [-0.15, -0.1) is 0 Å². The summed E-state index contributed by atoms with van der Waals surface area (Å²) < 4.78 is 15.1. The quantitative estimate of drug-likeness (QED) is 0.131. The van der Waals surface area contributed by atoms with Crippen LogP contribution in [0.2, 0.25) is 0 Å². The molecule has 0 aliphatic heterocycles. The number of anilines is 3. The third-order valence-corrected chi connectivity index (χ3v) is 12.2. The SMILES string of the molecule is C[S+]([O-])c1ccccc1-c1cc2ccc3cc(N(c4ccc(-c5ccccc5)cc4)c4ccc5c6ccccc6n(-c6ccccc6)c5c4)cc4[nH]c(c1)c2c34. The van der Waals surface area contributed by atoms with Crippen LogP contribution < -0.4 is 4.90 Å². The molecule has 0 aliphatic carbocycles. The average Bonchev–Trinajstić information content (AvgIpc) is 3.79. The number of nitrogens with one attached hydrogen (secondary N) is 1. The largest absolute Gasteiger partial charge is 0.612 e. The monoisotopic (exact) mass is 737 g/mol. The first-order chi connectivity index (χ1) is 27.6. The van der Waals surface area contributed by atoms with Gasteiger partial charge in [0.25, 0.3) is 0 Å². The van der Waals surface area contributed by atoms with E-state index in [1.165, 1.54) is 43.6 Å². The lowest BCUT2D eigenvalue weighted by molar-refractivity contribution is 0.601. The normalized spacial score (nSPS) is 12.4. The van der Waals surface area contributed by atoms with E-state index in [1.54, 1.807) is 6.26 Å². The van der Waals surface area contributed by atoms with Gasteiger partial charge in [-0.25, -0.2) is 0 Å². The first kappa shape index (κ1) is 32.6. The Morgan fingerprint density at radius 2 is 1.11 bits per heavy atom. The summed E-state index contributed by atoms with van der Waals surface area (Å²) in [6.07, 6.45) is 1.75. The van der Waals surface area contributed by atoms with Crippen molar-refractivity contribution >= 4 is 82.6 Å². The van der Waals surface area contributed by atoms with Crippen LogP contribution in [0.25, 0.3) is 82.3 Å². The lowest BCUT2D eigenvalue weighted by Gasteiger charge is -2.26. The molecule has 11 aromatic rings. The maximum Gasteiger partial charge on any atom is 0.160 e. The lowest BCUT2D eigenvalue weighted by Crippen LogP contribution is -2.10. The Morgan fingerprint density at radius 1 is 0.482 bits per heavy atom. The summed E-state index contributed by atoms with van der Waals surface area (Å²) in [5, 5.41) is 7.22. The second-order valence-corrected chi connectivity index (χ2v) is 15.8. The van der Waals surface area contributed by atoms with Crippen LogP contribution in [0.15, 0.2) is 193 Å². The van der Waals surface area contributed by atoms with Gasteiger partial charge in [-0.3, -0.25) is 0 Å². The van der Waals surface area contributed by atoms with Crippen LogP contribution in [0.5, 0.6) is 0 Å². The van der Waals surface area contributed by atoms with Crippen molar-refractivity contribution in [3.05, 3.63) is 188 Å². The van der Waals surface area contributed by atoms with Crippen molar-refractivity contribution in [2.75, 3.05) is 11.2 Å². The van der Waals surface area contributed by atoms with Crippen molar-refractivity contribution in [1.82, 2.24) is 9.55 Å². The molecule has 1 atom stereocenters. The van der Waals surface area contributed by atoms with Crippen molar-refractivity contribution in [2.45, 2.75) is 4.90 Å². The molecule has 4 nitrogen and oxygen atoms in total. The summed E-state index contributed by atoms with van der Waals surface area (Å²) >= 11 is -1.11. The fraction of sp³-hybridized carbons (Fsp3) is 0.0196. The molecule has 1 unspecified atom stereocenters. The van der Waals surface area contributed by atoms with Crippen molar-refractivity contribution in [1.29, 1.82) is 0 Å². The molecular formula is C51H35N3OS. The van der Waals surface area contributed by atoms with Crippen molar-refractivity contribution in [2.24, 2.45) is 0 Å². The number of H-pyrrole nitrogens is 1. The van der Waals surface area contributed by atoms with E-state index in [4.69, 9.17) is 0 Å². The number of hydrogen-bond acceptors (Lipinski definition) is 2. The van der Waals surface area contributed by atoms with E-state index in [0.29, 0.717) is 0 Å². The summed E-state index contributed by atoms with van der Waals surface area (Å²) in [5.41, 5.74) is 13.2. The minimum absolute atomic E-state index is 0.843. The van der Waals surface area contributed by atoms with E-state index in [9.17, 15) is 4.55 Å². The Labute approximate surface area is 327 Å². The molecule has 5 heteroatoms. The number of rotatable bonds is 7. The summed E-state index contributed by atoms with van der Waals surface area (Å²) in [7, 11) is 0. The molecule has 0 amide bonds. The Balaban J connectivity index is 1.13. The van der Waals surface area contributed by atoms with Crippen LogP contribution in [0, 0.1) is 0 Å². The fourth-order valence-corrected chi connectivity index (χ4v) is 9.50. The second kappa shape index (κ2) is 12.9. The molecule has 2 heterocycles. The van der Waals surface area contributed by atoms with E-state index < -0.39 is 11.2 Å². The van der Waals surface area contributed by atoms with Gasteiger partial charge in [0, 0.05) is 60.9 Å². The van der Waals surface area contributed by atoms with Crippen LogP contribution in [0.4, 0.5) is 17.1 Å². The third kappa shape index (κ3) is 5.20. The van der Waals surface area contributed by atoms with Crippen molar-refractivity contribution < 1.29 is 4.55 Å². The molecule has 0 bridgehead atoms. The highest BCUT2D eigenvalue weighted by Gasteiger charge is 2.21. The Hall–Kier alpha value is -6.79. The van der Waals surface area contributed by atoms with Crippen LogP contribution in [0.1, 0.15) is 0 Å². The highest BCUT2D eigenvalue weighted by Crippen LogP contribution is 2.45. The molecule has 0 radical (unpaired) electrons. The van der Waals surface area contributed by atoms with Gasteiger partial charge in [-0.2, -0.15) is 0 Å². The number of benzene rings is 9. The Bertz CT molecular complexity index is 3220. The number of para-hydroxylation sites is 2. The standard InChI is InChI=1S/C51H35N3OS/c1-56(55)49-19-11-9-16-42(49)37-28-35-20-21-36-29-41(31-46-51(36)50(35)45(30-37)52-46)53(39-24-22-34(23-25-39)33-12-4-2-5-13-33)40-26-27-44-43-17-8-10-18-47(43)54(48(44)32-40)38-14-6-3-7-15-38/h2-32,52H,1H3. The van der Waals surface area contributed by atoms with Gasteiger partial charge in [0.15, 0.2) is 4.90 Å². The smallest absolute Gasteiger partial charge is 0.160 e. The van der Waals surface area contributed by atoms with Crippen LogP contribution in [-0.2, 0) is 11.2 Å². The highest BCUT2D eigenvalue weighted by molar-refractivity contribution is 7.90. The van der Waals surface area contributed by atoms with Gasteiger partial charge in [0.05, 0.1) is 11.0 Å². The third-order valence-electron chi connectivity index (χ3n) is 11.2. The van der Waals surface area contributed by atoms with Gasteiger partial charge in [-0.1, -0.05) is 109 Å². The molecule has 2 aromatic heterocycles. The van der Waals surface area contributed by atoms with Gasteiger partial charge in [-0.05, 0) is 118 Å². The van der Waals surface area contributed by atoms with E-state index in [0.717, 1.165) is 60.7 Å². The van der Waals surface area contributed by atoms with E-state index in [1.807, 2.05) is 18.2 Å². The molecule has 0 saturated heterocycles. The molecule has 9 aromatic carbocycles. The summed E-state index contributed by atoms with van der Waals surface area (Å²) in [6, 6.07) is 67.1. The Morgan fingerprint density at radius 3 is 1.89 bits per heavy atom. The molecule has 11 rings (SSSR count). The molecule has 0 spiro atoms. The zero-order chi connectivity index (χ0) is 37.3. The minimum Gasteiger partial charge on any atom is -0.612 e. The molecule has 1 N–H and O–H groups in total. The number of aromatic amines is 1. The maximum absolute atomic E-state index is 12.7. The molecule has 0 aliphatic rings. The zero-order valence-electron chi connectivity index (χ0n) is 30.6. The number of aromatic nitrogens is 2. The van der Waals surface area contributed by atoms with E-state index in [2.05, 4.69) is 184 Å². The number of fused-ring (bicyclic) bond motifs is 3. The van der Waals surface area contributed by atoms with Crippen LogP contribution in [0.3, 0.4) is 0 Å². The highest BCUT2D eigenvalue weighted by atomic mass is 32.2. The molecule has 0 fully saturated rings. The minimum atomic E-state index is -1.11. The molecular weight excluding hydrogens is 703 g/mol. The fourth-order valence-electron chi connectivity index (χ4n) is 8.73. The van der Waals surface area contributed by atoms with Gasteiger partial charge in [0.2, 0.25) is 0 Å². The molecule has 266 valence electrons. The van der Waals surface area contributed by atoms with Crippen LogP contribution >= 0.6 is 0 Å². The zero-order valence-corrected chi connectivity index (χ0v) is 31.4.